The monoisotopic (exact) mass is 564 g/mol. The van der Waals surface area contributed by atoms with E-state index >= 15 is 17.6 Å². The topological polar surface area (TPSA) is 84.8 Å². The third-order valence-corrected chi connectivity index (χ3v) is 6.94. The number of hydrogen-bond donors (Lipinski definition) is 1. The molecule has 4 rings (SSSR count). The molecule has 0 aromatic heterocycles. The standard InChI is InChI=1S/C28H32F4N4O4/c1-15(2)25-27(39-4)34-18(26(35-25)38-3)12-17-21(29)23(31)20(24(32)22(17)30)19-13-33-10-11-36(19)28(37)40-14-16-8-6-5-7-9-16/h5-9,15,18-19,25,33H,10-14H2,1-4H3/t18-,19?,25+/m1/s1. The van der Waals surface area contributed by atoms with Crippen molar-refractivity contribution in [2.75, 3.05) is 33.9 Å². The minimum absolute atomic E-state index is 0.0149. The zero-order valence-corrected chi connectivity index (χ0v) is 22.7. The molecule has 2 aromatic carbocycles. The third-order valence-electron chi connectivity index (χ3n) is 6.94. The summed E-state index contributed by atoms with van der Waals surface area (Å²) in [6, 6.07) is 5.96. The van der Waals surface area contributed by atoms with Gasteiger partial charge in [-0.3, -0.25) is 4.90 Å². The molecule has 0 bridgehead atoms. The average molecular weight is 565 g/mol. The first-order chi connectivity index (χ1) is 19.2. The summed E-state index contributed by atoms with van der Waals surface area (Å²) in [7, 11) is 2.72. The van der Waals surface area contributed by atoms with Gasteiger partial charge in [0.2, 0.25) is 11.8 Å². The first-order valence-electron chi connectivity index (χ1n) is 12.9. The fourth-order valence-electron chi connectivity index (χ4n) is 4.84. The Bertz CT molecular complexity index is 1260. The summed E-state index contributed by atoms with van der Waals surface area (Å²) in [5.41, 5.74) is -1.03. The largest absolute Gasteiger partial charge is 0.483 e. The zero-order chi connectivity index (χ0) is 29.0. The number of methoxy groups -OCH3 is 2. The zero-order valence-electron chi connectivity index (χ0n) is 22.7. The fourth-order valence-corrected chi connectivity index (χ4v) is 4.84. The Morgan fingerprint density at radius 2 is 1.65 bits per heavy atom. The molecule has 2 aliphatic rings. The number of amides is 1. The molecule has 0 saturated carbocycles. The Morgan fingerprint density at radius 1 is 1.00 bits per heavy atom. The van der Waals surface area contributed by atoms with E-state index in [4.69, 9.17) is 14.2 Å². The quantitative estimate of drug-likeness (QED) is 0.411. The van der Waals surface area contributed by atoms with Crippen molar-refractivity contribution in [3.8, 4) is 0 Å². The molecule has 1 unspecified atom stereocenters. The van der Waals surface area contributed by atoms with E-state index in [0.29, 0.717) is 12.1 Å². The molecular weight excluding hydrogens is 532 g/mol. The molecule has 216 valence electrons. The van der Waals surface area contributed by atoms with Crippen LogP contribution in [0.25, 0.3) is 0 Å². The smallest absolute Gasteiger partial charge is 0.410 e. The van der Waals surface area contributed by atoms with Crippen molar-refractivity contribution in [1.82, 2.24) is 10.2 Å². The molecule has 40 heavy (non-hydrogen) atoms. The number of aliphatic imine (C=N–C) groups is 2. The van der Waals surface area contributed by atoms with Crippen LogP contribution in [0, 0.1) is 29.2 Å². The summed E-state index contributed by atoms with van der Waals surface area (Å²) in [4.78, 5) is 22.7. The lowest BCUT2D eigenvalue weighted by Crippen LogP contribution is -2.49. The number of rotatable bonds is 6. The number of benzene rings is 2. The summed E-state index contributed by atoms with van der Waals surface area (Å²) in [5, 5.41) is 2.91. The van der Waals surface area contributed by atoms with Crippen molar-refractivity contribution in [3.05, 3.63) is 70.3 Å². The van der Waals surface area contributed by atoms with Gasteiger partial charge in [-0.1, -0.05) is 44.2 Å². The van der Waals surface area contributed by atoms with E-state index in [0.717, 1.165) is 4.90 Å². The number of carbonyl (C=O) groups excluding carboxylic acids is 1. The van der Waals surface area contributed by atoms with Gasteiger partial charge in [-0.05, 0) is 11.5 Å². The maximum atomic E-state index is 15.5. The van der Waals surface area contributed by atoms with Crippen LogP contribution >= 0.6 is 0 Å². The van der Waals surface area contributed by atoms with Gasteiger partial charge in [0.1, 0.15) is 18.7 Å². The molecule has 2 heterocycles. The second-order valence-corrected chi connectivity index (χ2v) is 9.85. The van der Waals surface area contributed by atoms with Crippen LogP contribution < -0.4 is 5.32 Å². The Kier molecular flexibility index (Phi) is 9.28. The molecule has 1 N–H and O–H groups in total. The van der Waals surface area contributed by atoms with Crippen molar-refractivity contribution >= 4 is 17.9 Å². The highest BCUT2D eigenvalue weighted by atomic mass is 19.2. The van der Waals surface area contributed by atoms with Crippen LogP contribution in [-0.4, -0.2) is 68.7 Å². The minimum atomic E-state index is -1.59. The van der Waals surface area contributed by atoms with Gasteiger partial charge in [-0.25, -0.2) is 32.3 Å². The van der Waals surface area contributed by atoms with Crippen molar-refractivity contribution in [3.63, 3.8) is 0 Å². The average Bonchev–Trinajstić information content (AvgIpc) is 2.97. The van der Waals surface area contributed by atoms with Crippen LogP contribution in [0.15, 0.2) is 40.3 Å². The van der Waals surface area contributed by atoms with Crippen molar-refractivity contribution in [2.45, 2.75) is 45.0 Å². The molecule has 0 aliphatic carbocycles. The fraction of sp³-hybridized carbons (Fsp3) is 0.464. The molecular formula is C28H32F4N4O4. The lowest BCUT2D eigenvalue weighted by molar-refractivity contribution is 0.0700. The number of ether oxygens (including phenoxy) is 3. The maximum absolute atomic E-state index is 15.5. The normalized spacial score (nSPS) is 21.1. The van der Waals surface area contributed by atoms with E-state index in [1.54, 1.807) is 30.3 Å². The number of carbonyl (C=O) groups is 1. The van der Waals surface area contributed by atoms with E-state index in [1.807, 2.05) is 13.8 Å². The highest BCUT2D eigenvalue weighted by Crippen LogP contribution is 2.34. The van der Waals surface area contributed by atoms with E-state index in [9.17, 15) is 4.79 Å². The summed E-state index contributed by atoms with van der Waals surface area (Å²) in [5.74, 6) is -6.07. The summed E-state index contributed by atoms with van der Waals surface area (Å²) >= 11 is 0. The minimum Gasteiger partial charge on any atom is -0.483 e. The molecule has 8 nitrogen and oxygen atoms in total. The van der Waals surface area contributed by atoms with Crippen molar-refractivity contribution in [1.29, 1.82) is 0 Å². The molecule has 2 aromatic rings. The van der Waals surface area contributed by atoms with Crippen LogP contribution in [0.4, 0.5) is 22.4 Å². The van der Waals surface area contributed by atoms with Gasteiger partial charge in [0, 0.05) is 31.6 Å². The Labute approximate surface area is 230 Å². The van der Waals surface area contributed by atoms with Gasteiger partial charge >= 0.3 is 6.09 Å². The number of piperazine rings is 1. The molecule has 0 radical (unpaired) electrons. The van der Waals surface area contributed by atoms with Gasteiger partial charge in [0.25, 0.3) is 0 Å². The van der Waals surface area contributed by atoms with E-state index in [2.05, 4.69) is 15.3 Å². The number of hydrogen-bond acceptors (Lipinski definition) is 7. The molecule has 1 amide bonds. The van der Waals surface area contributed by atoms with Crippen molar-refractivity contribution < 1.29 is 36.6 Å². The first kappa shape index (κ1) is 29.3. The lowest BCUT2D eigenvalue weighted by atomic mass is 9.95. The second-order valence-electron chi connectivity index (χ2n) is 9.85. The van der Waals surface area contributed by atoms with Gasteiger partial charge in [-0.15, -0.1) is 0 Å². The molecule has 0 spiro atoms. The predicted octanol–water partition coefficient (Wildman–Crippen LogP) is 4.57. The first-order valence-corrected chi connectivity index (χ1v) is 12.9. The van der Waals surface area contributed by atoms with E-state index < -0.39 is 65.0 Å². The highest BCUT2D eigenvalue weighted by molar-refractivity contribution is 5.94. The maximum Gasteiger partial charge on any atom is 0.410 e. The Balaban J connectivity index is 1.63. The second kappa shape index (κ2) is 12.7. The summed E-state index contributed by atoms with van der Waals surface area (Å²) in [6.07, 6.45) is -1.43. The van der Waals surface area contributed by atoms with Crippen LogP contribution in [0.3, 0.4) is 0 Å². The van der Waals surface area contributed by atoms with Crippen LogP contribution in [0.5, 0.6) is 0 Å². The number of halogens is 4. The Hall–Kier alpha value is -3.67. The van der Waals surface area contributed by atoms with Gasteiger partial charge in [-0.2, -0.15) is 0 Å². The third kappa shape index (κ3) is 5.91. The molecule has 1 saturated heterocycles. The summed E-state index contributed by atoms with van der Waals surface area (Å²) < 4.78 is 77.8. The molecule has 12 heteroatoms. The summed E-state index contributed by atoms with van der Waals surface area (Å²) in [6.45, 7) is 3.90. The highest BCUT2D eigenvalue weighted by Gasteiger charge is 2.39. The van der Waals surface area contributed by atoms with Gasteiger partial charge in [0.05, 0.1) is 25.8 Å². The van der Waals surface area contributed by atoms with Gasteiger partial charge < -0.3 is 19.5 Å². The lowest BCUT2D eigenvalue weighted by Gasteiger charge is -2.36. The van der Waals surface area contributed by atoms with Crippen LogP contribution in [-0.2, 0) is 27.2 Å². The van der Waals surface area contributed by atoms with E-state index in [1.165, 1.54) is 14.2 Å². The molecule has 1 fully saturated rings. The number of nitrogens with one attached hydrogen (secondary N) is 1. The number of nitrogens with zero attached hydrogens (tertiary/aromatic N) is 3. The van der Waals surface area contributed by atoms with Gasteiger partial charge in [0.15, 0.2) is 23.3 Å². The molecule has 3 atom stereocenters. The van der Waals surface area contributed by atoms with Crippen molar-refractivity contribution in [2.24, 2.45) is 15.9 Å². The molecule has 2 aliphatic heterocycles. The SMILES string of the molecule is COC1=N[C@H](Cc2c(F)c(F)c(C3CNCCN3C(=O)OCc3ccccc3)c(F)c2F)C(OC)=N[C@H]1C(C)C. The van der Waals surface area contributed by atoms with E-state index in [-0.39, 0.29) is 37.4 Å². The Morgan fingerprint density at radius 3 is 2.25 bits per heavy atom. The van der Waals surface area contributed by atoms with Crippen LogP contribution in [0.2, 0.25) is 0 Å². The van der Waals surface area contributed by atoms with Crippen LogP contribution in [0.1, 0.15) is 36.6 Å². The predicted molar refractivity (Wildman–Crippen MR) is 140 cm³/mol.